The smallest absolute Gasteiger partial charge is 0.267 e. The second kappa shape index (κ2) is 4.59. The monoisotopic (exact) mass is 260 g/mol. The summed E-state index contributed by atoms with van der Waals surface area (Å²) in [5.41, 5.74) is 5.66. The minimum absolute atomic E-state index is 0.196. The molecule has 2 N–H and O–H groups in total. The van der Waals surface area contributed by atoms with Crippen molar-refractivity contribution in [3.8, 4) is 0 Å². The Hall–Kier alpha value is -1.18. The molecule has 1 aliphatic rings. The van der Waals surface area contributed by atoms with Crippen LogP contribution in [-0.4, -0.2) is 26.0 Å². The molecule has 1 aromatic rings. The van der Waals surface area contributed by atoms with Gasteiger partial charge in [0.2, 0.25) is 0 Å². The lowest BCUT2D eigenvalue weighted by atomic mass is 10.3. The molecule has 17 heavy (non-hydrogen) atoms. The first-order valence-electron chi connectivity index (χ1n) is 5.22. The second-order valence-electron chi connectivity index (χ2n) is 3.76. The maximum atomic E-state index is 13.5. The molecule has 1 aromatic carbocycles. The average molecular weight is 260 g/mol. The minimum atomic E-state index is -3.96. The predicted molar refractivity (Wildman–Crippen MR) is 59.9 cm³/mol. The van der Waals surface area contributed by atoms with Crippen LogP contribution in [0.25, 0.3) is 0 Å². The summed E-state index contributed by atoms with van der Waals surface area (Å²) < 4.78 is 38.5. The van der Waals surface area contributed by atoms with Crippen LogP contribution in [0, 0.1) is 5.82 Å². The topological polar surface area (TPSA) is 72.6 Å². The molecule has 94 valence electrons. The zero-order chi connectivity index (χ0) is 12.5. The van der Waals surface area contributed by atoms with E-state index in [0.29, 0.717) is 13.0 Å². The Kier molecular flexibility index (Phi) is 3.32. The molecule has 0 aliphatic carbocycles. The molecule has 0 unspecified atom stereocenters. The SMILES string of the molecule is Nc1ccc(F)c(S(=O)(=O)N2CCCCO2)c1. The molecule has 7 heteroatoms. The fraction of sp³-hybridized carbons (Fsp3) is 0.400. The van der Waals surface area contributed by atoms with E-state index in [1.165, 1.54) is 6.07 Å². The summed E-state index contributed by atoms with van der Waals surface area (Å²) >= 11 is 0. The number of hydroxylamine groups is 1. The lowest BCUT2D eigenvalue weighted by molar-refractivity contribution is -0.109. The lowest BCUT2D eigenvalue weighted by Gasteiger charge is -2.25. The molecule has 0 aromatic heterocycles. The Morgan fingerprint density at radius 1 is 1.35 bits per heavy atom. The van der Waals surface area contributed by atoms with Crippen molar-refractivity contribution in [1.29, 1.82) is 0 Å². The highest BCUT2D eigenvalue weighted by molar-refractivity contribution is 7.89. The normalized spacial score (nSPS) is 18.2. The predicted octanol–water partition coefficient (Wildman–Crippen LogP) is 1.12. The molecule has 1 aliphatic heterocycles. The number of hydrogen-bond donors (Lipinski definition) is 1. The number of nitrogen functional groups attached to an aromatic ring is 1. The molecule has 0 radical (unpaired) electrons. The highest BCUT2D eigenvalue weighted by Gasteiger charge is 2.30. The highest BCUT2D eigenvalue weighted by Crippen LogP contribution is 2.23. The van der Waals surface area contributed by atoms with Gasteiger partial charge in [-0.15, -0.1) is 0 Å². The van der Waals surface area contributed by atoms with Crippen LogP contribution in [0.4, 0.5) is 10.1 Å². The van der Waals surface area contributed by atoms with E-state index in [-0.39, 0.29) is 12.2 Å². The van der Waals surface area contributed by atoms with Crippen molar-refractivity contribution < 1.29 is 17.6 Å². The van der Waals surface area contributed by atoms with Gasteiger partial charge < -0.3 is 5.73 Å². The third kappa shape index (κ3) is 2.41. The summed E-state index contributed by atoms with van der Waals surface area (Å²) in [7, 11) is -3.96. The number of halogens is 1. The first kappa shape index (κ1) is 12.3. The van der Waals surface area contributed by atoms with E-state index in [1.54, 1.807) is 0 Å². The van der Waals surface area contributed by atoms with Crippen LogP contribution < -0.4 is 5.73 Å². The van der Waals surface area contributed by atoms with E-state index >= 15 is 0 Å². The van der Waals surface area contributed by atoms with Gasteiger partial charge in [0.1, 0.15) is 10.7 Å². The molecule has 2 rings (SSSR count). The van der Waals surface area contributed by atoms with E-state index in [2.05, 4.69) is 0 Å². The molecule has 1 fully saturated rings. The number of hydrogen-bond acceptors (Lipinski definition) is 4. The van der Waals surface area contributed by atoms with Gasteiger partial charge in [0, 0.05) is 12.2 Å². The fourth-order valence-corrected chi connectivity index (χ4v) is 2.99. The summed E-state index contributed by atoms with van der Waals surface area (Å²) in [5.74, 6) is -0.826. The number of nitrogens with two attached hydrogens (primary N) is 1. The van der Waals surface area contributed by atoms with Gasteiger partial charge in [-0.1, -0.05) is 4.47 Å². The summed E-state index contributed by atoms with van der Waals surface area (Å²) in [5, 5.41) is 0. The van der Waals surface area contributed by atoms with Gasteiger partial charge in [-0.2, -0.15) is 0 Å². The van der Waals surface area contributed by atoms with Crippen LogP contribution in [-0.2, 0) is 14.9 Å². The number of sulfonamides is 1. The van der Waals surface area contributed by atoms with E-state index in [0.717, 1.165) is 23.0 Å². The third-order valence-corrected chi connectivity index (χ3v) is 4.16. The molecular formula is C10H13FN2O3S. The van der Waals surface area contributed by atoms with Crippen molar-refractivity contribution >= 4 is 15.7 Å². The largest absolute Gasteiger partial charge is 0.399 e. The van der Waals surface area contributed by atoms with Gasteiger partial charge in [0.05, 0.1) is 6.61 Å². The minimum Gasteiger partial charge on any atom is -0.399 e. The van der Waals surface area contributed by atoms with Crippen molar-refractivity contribution in [2.75, 3.05) is 18.9 Å². The van der Waals surface area contributed by atoms with E-state index in [1.807, 2.05) is 0 Å². The third-order valence-electron chi connectivity index (χ3n) is 2.47. The number of anilines is 1. The molecule has 0 spiro atoms. The fourth-order valence-electron chi connectivity index (χ4n) is 1.59. The Morgan fingerprint density at radius 3 is 2.76 bits per heavy atom. The zero-order valence-electron chi connectivity index (χ0n) is 9.10. The number of nitrogens with zero attached hydrogens (tertiary/aromatic N) is 1. The van der Waals surface area contributed by atoms with Gasteiger partial charge in [-0.25, -0.2) is 12.8 Å². The molecule has 0 saturated carbocycles. The van der Waals surface area contributed by atoms with Gasteiger partial charge in [0.15, 0.2) is 0 Å². The first-order chi connectivity index (χ1) is 8.01. The molecule has 0 amide bonds. The van der Waals surface area contributed by atoms with E-state index in [4.69, 9.17) is 10.6 Å². The first-order valence-corrected chi connectivity index (χ1v) is 6.66. The molecule has 0 atom stereocenters. The Balaban J connectivity index is 2.40. The van der Waals surface area contributed by atoms with Crippen LogP contribution in [0.15, 0.2) is 23.1 Å². The molecular weight excluding hydrogens is 247 g/mol. The maximum absolute atomic E-state index is 13.5. The van der Waals surface area contributed by atoms with Crippen LogP contribution in [0.1, 0.15) is 12.8 Å². The van der Waals surface area contributed by atoms with E-state index in [9.17, 15) is 12.8 Å². The quantitative estimate of drug-likeness (QED) is 0.809. The van der Waals surface area contributed by atoms with Crippen LogP contribution in [0.3, 0.4) is 0 Å². The van der Waals surface area contributed by atoms with Crippen molar-refractivity contribution in [3.05, 3.63) is 24.0 Å². The van der Waals surface area contributed by atoms with Crippen molar-refractivity contribution in [2.24, 2.45) is 0 Å². The molecule has 1 heterocycles. The van der Waals surface area contributed by atoms with Crippen molar-refractivity contribution in [1.82, 2.24) is 4.47 Å². The molecule has 0 bridgehead atoms. The molecule has 5 nitrogen and oxygen atoms in total. The van der Waals surface area contributed by atoms with Gasteiger partial charge in [-0.05, 0) is 31.0 Å². The standard InChI is InChI=1S/C10H13FN2O3S/c11-9-4-3-8(12)7-10(9)17(14,15)13-5-1-2-6-16-13/h3-4,7H,1-2,5-6,12H2. The Bertz CT molecular complexity index is 512. The van der Waals surface area contributed by atoms with Crippen molar-refractivity contribution in [2.45, 2.75) is 17.7 Å². The lowest BCUT2D eigenvalue weighted by Crippen LogP contribution is -2.36. The summed E-state index contributed by atoms with van der Waals surface area (Å²) in [6.07, 6.45) is 1.49. The summed E-state index contributed by atoms with van der Waals surface area (Å²) in [4.78, 5) is 4.58. The zero-order valence-corrected chi connectivity index (χ0v) is 9.91. The van der Waals surface area contributed by atoms with Crippen molar-refractivity contribution in [3.63, 3.8) is 0 Å². The highest BCUT2D eigenvalue weighted by atomic mass is 32.2. The Morgan fingerprint density at radius 2 is 2.12 bits per heavy atom. The molecule has 1 saturated heterocycles. The van der Waals surface area contributed by atoms with Crippen LogP contribution >= 0.6 is 0 Å². The van der Waals surface area contributed by atoms with Gasteiger partial charge >= 0.3 is 0 Å². The summed E-state index contributed by atoms with van der Waals surface area (Å²) in [6.45, 7) is 0.555. The number of benzene rings is 1. The maximum Gasteiger partial charge on any atom is 0.267 e. The Labute approximate surface area is 99.0 Å². The number of rotatable bonds is 2. The average Bonchev–Trinajstić information content (AvgIpc) is 2.33. The van der Waals surface area contributed by atoms with E-state index < -0.39 is 20.7 Å². The summed E-state index contributed by atoms with van der Waals surface area (Å²) in [6, 6.07) is 3.44. The van der Waals surface area contributed by atoms with Crippen LogP contribution in [0.2, 0.25) is 0 Å². The van der Waals surface area contributed by atoms with Gasteiger partial charge in [0.25, 0.3) is 10.0 Å². The second-order valence-corrected chi connectivity index (χ2v) is 5.56. The van der Waals surface area contributed by atoms with Crippen LogP contribution in [0.5, 0.6) is 0 Å². The van der Waals surface area contributed by atoms with Gasteiger partial charge in [-0.3, -0.25) is 4.84 Å².